The zero-order chi connectivity index (χ0) is 9.84. The highest BCUT2D eigenvalue weighted by atomic mass is 15.2. The number of hydrogen-bond acceptors (Lipinski definition) is 1. The predicted octanol–water partition coefficient (Wildman–Crippen LogP) is 1.32. The molecule has 1 rings (SSSR count). The summed E-state index contributed by atoms with van der Waals surface area (Å²) in [5.74, 6) is 0.0986. The summed E-state index contributed by atoms with van der Waals surface area (Å²) in [4.78, 5) is 1.70. The molecule has 0 radical (unpaired) electrons. The molecule has 0 amide bonds. The van der Waals surface area contributed by atoms with Crippen molar-refractivity contribution < 1.29 is 0 Å². The van der Waals surface area contributed by atoms with Gasteiger partial charge in [0.1, 0.15) is 0 Å². The van der Waals surface area contributed by atoms with Crippen molar-refractivity contribution in [2.45, 2.75) is 13.5 Å². The van der Waals surface area contributed by atoms with E-state index in [1.54, 1.807) is 4.90 Å². The van der Waals surface area contributed by atoms with Crippen molar-refractivity contribution >= 4 is 5.96 Å². The first-order chi connectivity index (χ1) is 6.09. The molecular formula is C10H15N3. The van der Waals surface area contributed by atoms with Gasteiger partial charge < -0.3 is 10.6 Å². The number of nitrogens with zero attached hydrogens (tertiary/aromatic N) is 1. The molecule has 0 saturated heterocycles. The van der Waals surface area contributed by atoms with Crippen LogP contribution in [0.2, 0.25) is 0 Å². The maximum atomic E-state index is 7.21. The lowest BCUT2D eigenvalue weighted by Crippen LogP contribution is -2.32. The number of benzene rings is 1. The van der Waals surface area contributed by atoms with Crippen LogP contribution in [0.4, 0.5) is 0 Å². The number of hydrogen-bond donors (Lipinski definition) is 2. The SMILES string of the molecule is Cc1cccc(CN(C)C(=N)N)c1. The van der Waals surface area contributed by atoms with Crippen LogP contribution < -0.4 is 5.73 Å². The van der Waals surface area contributed by atoms with E-state index in [0.717, 1.165) is 0 Å². The Morgan fingerprint density at radius 3 is 2.77 bits per heavy atom. The van der Waals surface area contributed by atoms with Crippen LogP contribution in [-0.4, -0.2) is 17.9 Å². The van der Waals surface area contributed by atoms with Crippen LogP contribution in [0.1, 0.15) is 11.1 Å². The molecule has 0 heterocycles. The lowest BCUT2D eigenvalue weighted by Gasteiger charge is -2.16. The average Bonchev–Trinajstić information content (AvgIpc) is 2.04. The first-order valence-electron chi connectivity index (χ1n) is 4.20. The van der Waals surface area contributed by atoms with Crippen LogP contribution in [0, 0.1) is 12.3 Å². The summed E-state index contributed by atoms with van der Waals surface area (Å²) in [7, 11) is 1.81. The lowest BCUT2D eigenvalue weighted by molar-refractivity contribution is 0.491. The van der Waals surface area contributed by atoms with Crippen LogP contribution in [-0.2, 0) is 6.54 Å². The van der Waals surface area contributed by atoms with Gasteiger partial charge in [0.15, 0.2) is 5.96 Å². The van der Waals surface area contributed by atoms with E-state index in [4.69, 9.17) is 11.1 Å². The first-order valence-corrected chi connectivity index (χ1v) is 4.20. The van der Waals surface area contributed by atoms with E-state index in [1.807, 2.05) is 19.2 Å². The summed E-state index contributed by atoms with van der Waals surface area (Å²) in [5.41, 5.74) is 7.74. The summed E-state index contributed by atoms with van der Waals surface area (Å²) < 4.78 is 0. The van der Waals surface area contributed by atoms with E-state index in [9.17, 15) is 0 Å². The fourth-order valence-electron chi connectivity index (χ4n) is 1.17. The van der Waals surface area contributed by atoms with Crippen molar-refractivity contribution in [3.8, 4) is 0 Å². The van der Waals surface area contributed by atoms with Crippen LogP contribution in [0.3, 0.4) is 0 Å². The number of rotatable bonds is 2. The van der Waals surface area contributed by atoms with E-state index in [2.05, 4.69) is 19.1 Å². The van der Waals surface area contributed by atoms with Crippen molar-refractivity contribution in [2.75, 3.05) is 7.05 Å². The molecule has 3 N–H and O–H groups in total. The van der Waals surface area contributed by atoms with Gasteiger partial charge >= 0.3 is 0 Å². The third-order valence-corrected chi connectivity index (χ3v) is 1.91. The highest BCUT2D eigenvalue weighted by Crippen LogP contribution is 2.05. The number of aryl methyl sites for hydroxylation is 1. The Kier molecular flexibility index (Phi) is 2.90. The van der Waals surface area contributed by atoms with Crippen molar-refractivity contribution in [1.82, 2.24) is 4.90 Å². The molecule has 0 aliphatic heterocycles. The molecule has 0 bridgehead atoms. The lowest BCUT2D eigenvalue weighted by atomic mass is 10.1. The van der Waals surface area contributed by atoms with Gasteiger partial charge in [-0.15, -0.1) is 0 Å². The fourth-order valence-corrected chi connectivity index (χ4v) is 1.17. The molecule has 0 spiro atoms. The Hall–Kier alpha value is -1.51. The molecule has 3 heteroatoms. The quantitative estimate of drug-likeness (QED) is 0.529. The van der Waals surface area contributed by atoms with E-state index >= 15 is 0 Å². The van der Waals surface area contributed by atoms with Crippen molar-refractivity contribution in [3.05, 3.63) is 35.4 Å². The molecule has 0 atom stereocenters. The third-order valence-electron chi connectivity index (χ3n) is 1.91. The molecule has 0 saturated carbocycles. The van der Waals surface area contributed by atoms with E-state index in [1.165, 1.54) is 11.1 Å². The topological polar surface area (TPSA) is 53.1 Å². The number of nitrogens with one attached hydrogen (secondary N) is 1. The molecule has 1 aromatic carbocycles. The second-order valence-corrected chi connectivity index (χ2v) is 3.23. The van der Waals surface area contributed by atoms with Gasteiger partial charge in [-0.1, -0.05) is 29.8 Å². The second-order valence-electron chi connectivity index (χ2n) is 3.23. The Labute approximate surface area is 78.7 Å². The predicted molar refractivity (Wildman–Crippen MR) is 54.6 cm³/mol. The van der Waals surface area contributed by atoms with Gasteiger partial charge in [-0.3, -0.25) is 5.41 Å². The summed E-state index contributed by atoms with van der Waals surface area (Å²) in [5, 5.41) is 7.21. The molecule has 0 fully saturated rings. The summed E-state index contributed by atoms with van der Waals surface area (Å²) in [6.45, 7) is 2.74. The van der Waals surface area contributed by atoms with Crippen LogP contribution in [0.5, 0.6) is 0 Å². The van der Waals surface area contributed by atoms with E-state index < -0.39 is 0 Å². The minimum absolute atomic E-state index is 0.0986. The molecule has 0 aliphatic carbocycles. The molecule has 0 aromatic heterocycles. The third kappa shape index (κ3) is 2.78. The van der Waals surface area contributed by atoms with Crippen molar-refractivity contribution in [3.63, 3.8) is 0 Å². The summed E-state index contributed by atoms with van der Waals surface area (Å²) >= 11 is 0. The molecule has 70 valence electrons. The molecule has 13 heavy (non-hydrogen) atoms. The maximum absolute atomic E-state index is 7.21. The Morgan fingerprint density at radius 1 is 1.54 bits per heavy atom. The molecule has 1 aromatic rings. The van der Waals surface area contributed by atoms with Crippen LogP contribution >= 0.6 is 0 Å². The summed E-state index contributed by atoms with van der Waals surface area (Å²) in [6, 6.07) is 8.20. The molecule has 3 nitrogen and oxygen atoms in total. The molecule has 0 aliphatic rings. The van der Waals surface area contributed by atoms with E-state index in [0.29, 0.717) is 6.54 Å². The Bertz CT molecular complexity index is 307. The zero-order valence-electron chi connectivity index (χ0n) is 8.04. The smallest absolute Gasteiger partial charge is 0.188 e. The Morgan fingerprint density at radius 2 is 2.23 bits per heavy atom. The van der Waals surface area contributed by atoms with Crippen molar-refractivity contribution in [2.24, 2.45) is 5.73 Å². The van der Waals surface area contributed by atoms with Gasteiger partial charge in [0, 0.05) is 13.6 Å². The Balaban J connectivity index is 2.69. The highest BCUT2D eigenvalue weighted by molar-refractivity contribution is 5.74. The van der Waals surface area contributed by atoms with Gasteiger partial charge in [0.05, 0.1) is 0 Å². The van der Waals surface area contributed by atoms with Gasteiger partial charge in [-0.25, -0.2) is 0 Å². The minimum Gasteiger partial charge on any atom is -0.370 e. The minimum atomic E-state index is 0.0986. The molecule has 0 unspecified atom stereocenters. The molecular weight excluding hydrogens is 162 g/mol. The monoisotopic (exact) mass is 177 g/mol. The van der Waals surface area contributed by atoms with Crippen LogP contribution in [0.25, 0.3) is 0 Å². The average molecular weight is 177 g/mol. The van der Waals surface area contributed by atoms with E-state index in [-0.39, 0.29) is 5.96 Å². The maximum Gasteiger partial charge on any atom is 0.188 e. The van der Waals surface area contributed by atoms with Gasteiger partial charge in [0.25, 0.3) is 0 Å². The van der Waals surface area contributed by atoms with Crippen molar-refractivity contribution in [1.29, 1.82) is 5.41 Å². The normalized spacial score (nSPS) is 9.69. The van der Waals surface area contributed by atoms with Crippen LogP contribution in [0.15, 0.2) is 24.3 Å². The van der Waals surface area contributed by atoms with Gasteiger partial charge in [-0.05, 0) is 12.5 Å². The number of nitrogens with two attached hydrogens (primary N) is 1. The first kappa shape index (κ1) is 9.58. The van der Waals surface area contributed by atoms with Gasteiger partial charge in [-0.2, -0.15) is 0 Å². The van der Waals surface area contributed by atoms with Gasteiger partial charge in [0.2, 0.25) is 0 Å². The standard InChI is InChI=1S/C10H15N3/c1-8-4-3-5-9(6-8)7-13(2)10(11)12/h3-6H,7H2,1-2H3,(H3,11,12). The zero-order valence-corrected chi connectivity index (χ0v) is 8.04. The summed E-state index contributed by atoms with van der Waals surface area (Å²) in [6.07, 6.45) is 0. The number of guanidine groups is 1. The second kappa shape index (κ2) is 3.94. The largest absolute Gasteiger partial charge is 0.370 e. The fraction of sp³-hybridized carbons (Fsp3) is 0.300. The highest BCUT2D eigenvalue weighted by Gasteiger charge is 2.00.